The van der Waals surface area contributed by atoms with Crippen molar-refractivity contribution in [2.24, 2.45) is 11.8 Å². The van der Waals surface area contributed by atoms with Crippen LogP contribution in [0.25, 0.3) is 0 Å². The van der Waals surface area contributed by atoms with E-state index in [1.165, 1.54) is 51.4 Å². The number of benzene rings is 1. The summed E-state index contributed by atoms with van der Waals surface area (Å²) in [6.45, 7) is 0. The standard InChI is InChI=1S/C18H27N/c1-19-18-16(13-14-7-2-3-8-14)11-6-10-15-9-4-5-12-17(15)18/h4-5,9,12,14,16,18-19H,2-3,6-8,10-11,13H2,1H3. The first-order valence-electron chi connectivity index (χ1n) is 8.13. The van der Waals surface area contributed by atoms with Crippen LogP contribution in [0.15, 0.2) is 24.3 Å². The first-order valence-corrected chi connectivity index (χ1v) is 8.13. The lowest BCUT2D eigenvalue weighted by Gasteiger charge is -2.28. The van der Waals surface area contributed by atoms with Gasteiger partial charge in [0.1, 0.15) is 0 Å². The maximum atomic E-state index is 3.62. The van der Waals surface area contributed by atoms with Gasteiger partial charge in [0, 0.05) is 6.04 Å². The van der Waals surface area contributed by atoms with Crippen LogP contribution in [0.1, 0.15) is 62.1 Å². The Kier molecular flexibility index (Phi) is 4.22. The Morgan fingerprint density at radius 2 is 1.84 bits per heavy atom. The number of hydrogen-bond donors (Lipinski definition) is 1. The molecule has 1 fully saturated rings. The molecule has 104 valence electrons. The molecule has 2 aliphatic rings. The second kappa shape index (κ2) is 6.09. The third-order valence-electron chi connectivity index (χ3n) is 5.30. The van der Waals surface area contributed by atoms with Gasteiger partial charge in [-0.1, -0.05) is 49.9 Å². The summed E-state index contributed by atoms with van der Waals surface area (Å²) in [5, 5.41) is 3.62. The number of rotatable bonds is 3. The third-order valence-corrected chi connectivity index (χ3v) is 5.30. The van der Waals surface area contributed by atoms with Gasteiger partial charge < -0.3 is 5.32 Å². The van der Waals surface area contributed by atoms with Gasteiger partial charge in [-0.3, -0.25) is 0 Å². The molecule has 1 saturated carbocycles. The van der Waals surface area contributed by atoms with E-state index in [2.05, 4.69) is 36.6 Å². The third kappa shape index (κ3) is 2.86. The lowest BCUT2D eigenvalue weighted by atomic mass is 9.83. The van der Waals surface area contributed by atoms with Crippen LogP contribution in [0.3, 0.4) is 0 Å². The number of hydrogen-bond acceptors (Lipinski definition) is 1. The van der Waals surface area contributed by atoms with Gasteiger partial charge >= 0.3 is 0 Å². The highest BCUT2D eigenvalue weighted by molar-refractivity contribution is 5.31. The number of aryl methyl sites for hydroxylation is 1. The van der Waals surface area contributed by atoms with Gasteiger partial charge in [0.05, 0.1) is 0 Å². The Bertz CT molecular complexity index is 406. The Balaban J connectivity index is 1.80. The molecule has 0 aromatic heterocycles. The summed E-state index contributed by atoms with van der Waals surface area (Å²) in [5.41, 5.74) is 3.15. The van der Waals surface area contributed by atoms with Gasteiger partial charge in [0.2, 0.25) is 0 Å². The van der Waals surface area contributed by atoms with Crippen molar-refractivity contribution < 1.29 is 0 Å². The van der Waals surface area contributed by atoms with Crippen molar-refractivity contribution in [2.75, 3.05) is 7.05 Å². The van der Waals surface area contributed by atoms with Crippen LogP contribution in [0.4, 0.5) is 0 Å². The van der Waals surface area contributed by atoms with Crippen LogP contribution in [0, 0.1) is 11.8 Å². The van der Waals surface area contributed by atoms with Gasteiger partial charge in [0.15, 0.2) is 0 Å². The SMILES string of the molecule is CNC1c2ccccc2CCCC1CC1CCCC1. The molecular formula is C18H27N. The summed E-state index contributed by atoms with van der Waals surface area (Å²) in [6.07, 6.45) is 11.4. The molecule has 1 aromatic rings. The largest absolute Gasteiger partial charge is 0.313 e. The van der Waals surface area contributed by atoms with Crippen molar-refractivity contribution in [3.05, 3.63) is 35.4 Å². The second-order valence-corrected chi connectivity index (χ2v) is 6.50. The molecule has 0 saturated heterocycles. The topological polar surface area (TPSA) is 12.0 Å². The van der Waals surface area contributed by atoms with Crippen molar-refractivity contribution >= 4 is 0 Å². The summed E-state index contributed by atoms with van der Waals surface area (Å²) in [7, 11) is 2.15. The van der Waals surface area contributed by atoms with Crippen LogP contribution < -0.4 is 5.32 Å². The van der Waals surface area contributed by atoms with E-state index in [1.54, 1.807) is 11.1 Å². The van der Waals surface area contributed by atoms with E-state index in [1.807, 2.05) is 0 Å². The zero-order chi connectivity index (χ0) is 13.1. The van der Waals surface area contributed by atoms with E-state index in [0.29, 0.717) is 6.04 Å². The number of fused-ring (bicyclic) bond motifs is 1. The van der Waals surface area contributed by atoms with Crippen LogP contribution >= 0.6 is 0 Å². The quantitative estimate of drug-likeness (QED) is 0.787. The molecule has 2 unspecified atom stereocenters. The molecule has 0 radical (unpaired) electrons. The zero-order valence-corrected chi connectivity index (χ0v) is 12.2. The molecule has 0 spiro atoms. The molecule has 0 aliphatic heterocycles. The van der Waals surface area contributed by atoms with Crippen molar-refractivity contribution in [2.45, 2.75) is 57.4 Å². The highest BCUT2D eigenvalue weighted by Gasteiger charge is 2.29. The van der Waals surface area contributed by atoms with Crippen molar-refractivity contribution in [3.8, 4) is 0 Å². The summed E-state index contributed by atoms with van der Waals surface area (Å²) >= 11 is 0. The van der Waals surface area contributed by atoms with Crippen molar-refractivity contribution in [3.63, 3.8) is 0 Å². The molecule has 0 bridgehead atoms. The van der Waals surface area contributed by atoms with E-state index in [4.69, 9.17) is 0 Å². The van der Waals surface area contributed by atoms with Gasteiger partial charge in [-0.15, -0.1) is 0 Å². The minimum atomic E-state index is 0.583. The van der Waals surface area contributed by atoms with Crippen molar-refractivity contribution in [1.82, 2.24) is 5.32 Å². The molecule has 1 aromatic carbocycles. The molecule has 0 amide bonds. The summed E-state index contributed by atoms with van der Waals surface area (Å²) in [6, 6.07) is 9.67. The molecule has 2 aliphatic carbocycles. The van der Waals surface area contributed by atoms with E-state index in [-0.39, 0.29) is 0 Å². The Morgan fingerprint density at radius 3 is 2.63 bits per heavy atom. The summed E-state index contributed by atoms with van der Waals surface area (Å²) in [5.74, 6) is 1.85. The maximum Gasteiger partial charge on any atom is 0.0348 e. The molecular weight excluding hydrogens is 230 g/mol. The minimum Gasteiger partial charge on any atom is -0.313 e. The second-order valence-electron chi connectivity index (χ2n) is 6.50. The van der Waals surface area contributed by atoms with E-state index >= 15 is 0 Å². The van der Waals surface area contributed by atoms with Gasteiger partial charge in [-0.25, -0.2) is 0 Å². The van der Waals surface area contributed by atoms with Crippen LogP contribution in [-0.4, -0.2) is 7.05 Å². The number of nitrogens with one attached hydrogen (secondary N) is 1. The van der Waals surface area contributed by atoms with Crippen molar-refractivity contribution in [1.29, 1.82) is 0 Å². The van der Waals surface area contributed by atoms with E-state index in [0.717, 1.165) is 11.8 Å². The highest BCUT2D eigenvalue weighted by atomic mass is 14.9. The fourth-order valence-electron chi connectivity index (χ4n) is 4.36. The molecule has 0 heterocycles. The highest BCUT2D eigenvalue weighted by Crippen LogP contribution is 2.40. The predicted octanol–water partition coefficient (Wildman–Crippen LogP) is 4.48. The van der Waals surface area contributed by atoms with Gasteiger partial charge in [-0.2, -0.15) is 0 Å². The first kappa shape index (κ1) is 13.2. The molecule has 3 rings (SSSR count). The van der Waals surface area contributed by atoms with E-state index < -0.39 is 0 Å². The van der Waals surface area contributed by atoms with Crippen LogP contribution in [0.2, 0.25) is 0 Å². The van der Waals surface area contributed by atoms with Crippen LogP contribution in [0.5, 0.6) is 0 Å². The molecule has 1 heteroatoms. The molecule has 1 N–H and O–H groups in total. The average molecular weight is 257 g/mol. The smallest absolute Gasteiger partial charge is 0.0348 e. The normalized spacial score (nSPS) is 28.1. The molecule has 2 atom stereocenters. The maximum absolute atomic E-state index is 3.62. The predicted molar refractivity (Wildman–Crippen MR) is 81.2 cm³/mol. The first-order chi connectivity index (χ1) is 9.38. The summed E-state index contributed by atoms with van der Waals surface area (Å²) < 4.78 is 0. The Morgan fingerprint density at radius 1 is 1.05 bits per heavy atom. The van der Waals surface area contributed by atoms with Gasteiger partial charge in [-0.05, 0) is 55.7 Å². The Labute approximate surface area is 117 Å². The fraction of sp³-hybridized carbons (Fsp3) is 0.667. The molecule has 19 heavy (non-hydrogen) atoms. The zero-order valence-electron chi connectivity index (χ0n) is 12.2. The lowest BCUT2D eigenvalue weighted by molar-refractivity contribution is 0.286. The average Bonchev–Trinajstić information content (AvgIpc) is 2.87. The Hall–Kier alpha value is -0.820. The minimum absolute atomic E-state index is 0.583. The van der Waals surface area contributed by atoms with Gasteiger partial charge in [0.25, 0.3) is 0 Å². The monoisotopic (exact) mass is 257 g/mol. The molecule has 1 nitrogen and oxygen atoms in total. The van der Waals surface area contributed by atoms with E-state index in [9.17, 15) is 0 Å². The fourth-order valence-corrected chi connectivity index (χ4v) is 4.36. The van der Waals surface area contributed by atoms with Crippen LogP contribution in [-0.2, 0) is 6.42 Å². The summed E-state index contributed by atoms with van der Waals surface area (Å²) in [4.78, 5) is 0. The lowest BCUT2D eigenvalue weighted by Crippen LogP contribution is -2.26.